The van der Waals surface area contributed by atoms with Gasteiger partial charge in [0.1, 0.15) is 0 Å². The van der Waals surface area contributed by atoms with Crippen molar-refractivity contribution in [1.82, 2.24) is 5.32 Å². The molecule has 182 valence electrons. The van der Waals surface area contributed by atoms with E-state index in [2.05, 4.69) is 19.2 Å². The minimum absolute atomic E-state index is 0.0341. The average molecular weight is 457 g/mol. The summed E-state index contributed by atoms with van der Waals surface area (Å²) < 4.78 is 5.31. The topological polar surface area (TPSA) is 106 Å². The van der Waals surface area contributed by atoms with Crippen LogP contribution in [0.25, 0.3) is 0 Å². The first-order valence-corrected chi connectivity index (χ1v) is 12.9. The summed E-state index contributed by atoms with van der Waals surface area (Å²) in [7, 11) is 0. The van der Waals surface area contributed by atoms with Gasteiger partial charge in [0.25, 0.3) is 0 Å². The lowest BCUT2D eigenvalue weighted by Gasteiger charge is -2.65. The number of amides is 1. The van der Waals surface area contributed by atoms with Crippen LogP contribution in [0.15, 0.2) is 27.6 Å². The molecule has 4 fully saturated rings. The summed E-state index contributed by atoms with van der Waals surface area (Å²) in [4.78, 5) is 24.0. The zero-order valence-corrected chi connectivity index (χ0v) is 20.3. The van der Waals surface area contributed by atoms with E-state index in [0.29, 0.717) is 11.8 Å². The van der Waals surface area contributed by atoms with Gasteiger partial charge in [-0.25, -0.2) is 4.79 Å². The van der Waals surface area contributed by atoms with Crippen LogP contribution in [0.4, 0.5) is 0 Å². The molecule has 0 aromatic carbocycles. The number of nitrogens with two attached hydrogens (primary N) is 1. The van der Waals surface area contributed by atoms with Gasteiger partial charge in [0.05, 0.1) is 17.9 Å². The van der Waals surface area contributed by atoms with E-state index in [-0.39, 0.29) is 40.2 Å². The number of nitrogens with one attached hydrogen (secondary N) is 1. The van der Waals surface area contributed by atoms with Crippen LogP contribution in [0, 0.1) is 28.6 Å². The Bertz CT molecular complexity index is 955. The molecule has 6 heteroatoms. The molecule has 4 aliphatic rings. The molecular formula is C27H40N2O4. The molecule has 5 rings (SSSR count). The van der Waals surface area contributed by atoms with Crippen LogP contribution in [0.3, 0.4) is 0 Å². The van der Waals surface area contributed by atoms with Gasteiger partial charge >= 0.3 is 5.63 Å². The van der Waals surface area contributed by atoms with Crippen LogP contribution in [-0.4, -0.2) is 28.7 Å². The van der Waals surface area contributed by atoms with E-state index in [4.69, 9.17) is 10.2 Å². The fourth-order valence-corrected chi connectivity index (χ4v) is 8.63. The molecule has 0 aliphatic heterocycles. The maximum Gasteiger partial charge on any atom is 0.335 e. The highest BCUT2D eigenvalue weighted by atomic mass is 16.4. The number of hydrogen-bond acceptors (Lipinski definition) is 5. The molecule has 4 aliphatic carbocycles. The van der Waals surface area contributed by atoms with Crippen molar-refractivity contribution >= 4 is 5.91 Å². The van der Waals surface area contributed by atoms with Crippen LogP contribution in [0.5, 0.6) is 0 Å². The standard InChI is InChI=1S/C27H40N2O4/c1-16(28)24(31)29-19-7-12-26(3)18(13-19)14-20(17-5-6-22(30)33-15-17)23-21(26)8-11-25(2)9-4-10-27(23,25)32/h5-6,15-16,18-21,23,32H,4,7-14,28H2,1-3H3,(H,29,31)/t16?,18-,19-,20?,21-,23-,25+,26-,27-/m0/s1. The minimum atomic E-state index is -0.676. The molecule has 1 heterocycles. The monoisotopic (exact) mass is 456 g/mol. The first kappa shape index (κ1) is 23.1. The molecule has 0 radical (unpaired) electrons. The normalized spacial score (nSPS) is 45.4. The van der Waals surface area contributed by atoms with Gasteiger partial charge in [-0.2, -0.15) is 0 Å². The summed E-state index contributed by atoms with van der Waals surface area (Å²) >= 11 is 0. The largest absolute Gasteiger partial charge is 0.431 e. The lowest BCUT2D eigenvalue weighted by Crippen LogP contribution is -2.63. The van der Waals surface area contributed by atoms with Crippen molar-refractivity contribution < 1.29 is 14.3 Å². The average Bonchev–Trinajstić information content (AvgIpc) is 3.09. The Hall–Kier alpha value is -1.66. The van der Waals surface area contributed by atoms with E-state index in [1.807, 2.05) is 6.07 Å². The third-order valence-corrected chi connectivity index (χ3v) is 10.6. The summed E-state index contributed by atoms with van der Waals surface area (Å²) in [5.74, 6) is 1.12. The second-order valence-corrected chi connectivity index (χ2v) is 12.2. The second kappa shape index (κ2) is 7.94. The first-order chi connectivity index (χ1) is 15.6. The van der Waals surface area contributed by atoms with Gasteiger partial charge in [-0.1, -0.05) is 13.8 Å². The van der Waals surface area contributed by atoms with Crippen LogP contribution in [0.2, 0.25) is 0 Å². The van der Waals surface area contributed by atoms with Crippen molar-refractivity contribution in [3.63, 3.8) is 0 Å². The third-order valence-electron chi connectivity index (χ3n) is 10.6. The molecule has 0 bridgehead atoms. The lowest BCUT2D eigenvalue weighted by atomic mass is 9.41. The van der Waals surface area contributed by atoms with Crippen molar-refractivity contribution in [3.8, 4) is 0 Å². The molecule has 2 unspecified atom stereocenters. The summed E-state index contributed by atoms with van der Waals surface area (Å²) in [6.45, 7) is 6.47. The van der Waals surface area contributed by atoms with Crippen LogP contribution >= 0.6 is 0 Å². The van der Waals surface area contributed by atoms with E-state index < -0.39 is 11.6 Å². The van der Waals surface area contributed by atoms with E-state index in [0.717, 1.165) is 63.4 Å². The highest BCUT2D eigenvalue weighted by Crippen LogP contribution is 2.70. The van der Waals surface area contributed by atoms with Gasteiger partial charge < -0.3 is 20.6 Å². The molecule has 1 aromatic rings. The number of aliphatic hydroxyl groups is 1. The smallest absolute Gasteiger partial charge is 0.335 e. The molecule has 1 aromatic heterocycles. The molecule has 0 spiro atoms. The molecule has 4 N–H and O–H groups in total. The van der Waals surface area contributed by atoms with Crippen molar-refractivity contribution in [1.29, 1.82) is 0 Å². The Kier molecular flexibility index (Phi) is 5.56. The maximum absolute atomic E-state index is 12.3. The lowest BCUT2D eigenvalue weighted by molar-refractivity contribution is -0.207. The van der Waals surface area contributed by atoms with Crippen LogP contribution < -0.4 is 16.7 Å². The van der Waals surface area contributed by atoms with E-state index >= 15 is 0 Å². The van der Waals surface area contributed by atoms with Gasteiger partial charge in [-0.15, -0.1) is 0 Å². The Labute approximate surface area is 196 Å². The Balaban J connectivity index is 1.52. The number of rotatable bonds is 3. The Morgan fingerprint density at radius 3 is 2.67 bits per heavy atom. The fraction of sp³-hybridized carbons (Fsp3) is 0.778. The first-order valence-electron chi connectivity index (χ1n) is 12.9. The molecular weight excluding hydrogens is 416 g/mol. The van der Waals surface area contributed by atoms with Crippen molar-refractivity contribution in [2.75, 3.05) is 0 Å². The summed E-state index contributed by atoms with van der Waals surface area (Å²) in [5, 5.41) is 15.5. The minimum Gasteiger partial charge on any atom is -0.431 e. The van der Waals surface area contributed by atoms with Gasteiger partial charge in [-0.3, -0.25) is 4.79 Å². The van der Waals surface area contributed by atoms with Crippen molar-refractivity contribution in [2.45, 2.75) is 102 Å². The van der Waals surface area contributed by atoms with Gasteiger partial charge in [0.15, 0.2) is 0 Å². The number of fused-ring (bicyclic) bond motifs is 5. The highest BCUT2D eigenvalue weighted by molar-refractivity contribution is 5.81. The second-order valence-electron chi connectivity index (χ2n) is 12.2. The fourth-order valence-electron chi connectivity index (χ4n) is 8.63. The Morgan fingerprint density at radius 2 is 1.97 bits per heavy atom. The predicted molar refractivity (Wildman–Crippen MR) is 126 cm³/mol. The number of carbonyl (C=O) groups excluding carboxylic acids is 1. The molecule has 1 amide bonds. The van der Waals surface area contributed by atoms with Gasteiger partial charge in [-0.05, 0) is 111 Å². The molecule has 0 saturated heterocycles. The molecule has 9 atom stereocenters. The maximum atomic E-state index is 12.3. The molecule has 33 heavy (non-hydrogen) atoms. The number of hydrogen-bond donors (Lipinski definition) is 3. The highest BCUT2D eigenvalue weighted by Gasteiger charge is 2.67. The van der Waals surface area contributed by atoms with Gasteiger partial charge in [0.2, 0.25) is 5.91 Å². The molecule has 4 saturated carbocycles. The van der Waals surface area contributed by atoms with E-state index in [1.54, 1.807) is 13.2 Å². The van der Waals surface area contributed by atoms with Crippen LogP contribution in [-0.2, 0) is 4.79 Å². The quantitative estimate of drug-likeness (QED) is 0.643. The van der Waals surface area contributed by atoms with Crippen LogP contribution in [0.1, 0.15) is 90.0 Å². The Morgan fingerprint density at radius 1 is 1.18 bits per heavy atom. The SMILES string of the molecule is CC(N)C(=O)N[C@H]1CC[C@@]2(C)[C@H](CC(c3ccc(=O)oc3)[C@H]3[C@@H]2CC[C@@]2(C)CCC[C@]32O)C1. The van der Waals surface area contributed by atoms with E-state index in [9.17, 15) is 14.7 Å². The summed E-state index contributed by atoms with van der Waals surface area (Å²) in [6.07, 6.45) is 10.8. The zero-order chi connectivity index (χ0) is 23.6. The zero-order valence-electron chi connectivity index (χ0n) is 20.3. The predicted octanol–water partition coefficient (Wildman–Crippen LogP) is 3.71. The van der Waals surface area contributed by atoms with Crippen molar-refractivity contribution in [2.24, 2.45) is 34.3 Å². The number of carbonyl (C=O) groups is 1. The van der Waals surface area contributed by atoms with Gasteiger partial charge in [0, 0.05) is 12.1 Å². The third kappa shape index (κ3) is 3.51. The van der Waals surface area contributed by atoms with E-state index in [1.165, 1.54) is 6.07 Å². The van der Waals surface area contributed by atoms with Crippen molar-refractivity contribution in [3.05, 3.63) is 34.4 Å². The summed E-state index contributed by atoms with van der Waals surface area (Å²) in [6, 6.07) is 3.09. The summed E-state index contributed by atoms with van der Waals surface area (Å²) in [5.41, 5.74) is 5.95. The molecule has 6 nitrogen and oxygen atoms in total.